The molecule has 21 heavy (non-hydrogen) atoms. The number of para-hydroxylation sites is 1. The number of halogens is 2. The Kier molecular flexibility index (Phi) is 6.21. The Bertz CT molecular complexity index is 589. The van der Waals surface area contributed by atoms with Crippen LogP contribution in [-0.4, -0.2) is 6.54 Å². The summed E-state index contributed by atoms with van der Waals surface area (Å²) in [5.74, 6) is 0.0156. The first-order valence-corrected chi connectivity index (χ1v) is 7.85. The van der Waals surface area contributed by atoms with Crippen molar-refractivity contribution in [1.29, 1.82) is 0 Å². The number of ether oxygens (including phenoxy) is 1. The molecule has 0 spiro atoms. The molecule has 0 saturated carbocycles. The lowest BCUT2D eigenvalue weighted by Gasteiger charge is -2.13. The monoisotopic (exact) mass is 351 g/mol. The summed E-state index contributed by atoms with van der Waals surface area (Å²) < 4.78 is 20.7. The van der Waals surface area contributed by atoms with Gasteiger partial charge in [-0.25, -0.2) is 4.39 Å². The summed E-state index contributed by atoms with van der Waals surface area (Å²) in [6, 6.07) is 12.9. The average Bonchev–Trinajstić information content (AvgIpc) is 2.47. The smallest absolute Gasteiger partial charge is 0.165 e. The highest BCUT2D eigenvalue weighted by molar-refractivity contribution is 9.10. The maximum Gasteiger partial charge on any atom is 0.165 e. The third-order valence-electron chi connectivity index (χ3n) is 3.06. The van der Waals surface area contributed by atoms with Gasteiger partial charge in [-0.3, -0.25) is 0 Å². The molecular weight excluding hydrogens is 333 g/mol. The first kappa shape index (κ1) is 16.0. The van der Waals surface area contributed by atoms with Crippen LogP contribution in [0.15, 0.2) is 46.9 Å². The van der Waals surface area contributed by atoms with Crippen LogP contribution in [0.2, 0.25) is 0 Å². The zero-order valence-electron chi connectivity index (χ0n) is 12.0. The standard InChI is InChI=1S/C17H19BrFNO/c1-2-9-20-11-14-6-4-8-16(19)17(14)21-12-13-5-3-7-15(18)10-13/h3-8,10,20H,2,9,11-12H2,1H3. The fraction of sp³-hybridized carbons (Fsp3) is 0.294. The van der Waals surface area contributed by atoms with Crippen molar-refractivity contribution >= 4 is 15.9 Å². The molecule has 0 aliphatic rings. The summed E-state index contributed by atoms with van der Waals surface area (Å²) >= 11 is 3.42. The Morgan fingerprint density at radius 2 is 2.00 bits per heavy atom. The van der Waals surface area contributed by atoms with Crippen LogP contribution >= 0.6 is 15.9 Å². The van der Waals surface area contributed by atoms with Crippen LogP contribution in [0.1, 0.15) is 24.5 Å². The van der Waals surface area contributed by atoms with Crippen molar-refractivity contribution in [3.63, 3.8) is 0 Å². The van der Waals surface area contributed by atoms with Crippen molar-refractivity contribution in [2.45, 2.75) is 26.5 Å². The molecule has 2 aromatic carbocycles. The second kappa shape index (κ2) is 8.15. The van der Waals surface area contributed by atoms with Gasteiger partial charge in [-0.05, 0) is 36.7 Å². The second-order valence-corrected chi connectivity index (χ2v) is 5.74. The lowest BCUT2D eigenvalue weighted by atomic mass is 10.2. The second-order valence-electron chi connectivity index (χ2n) is 4.82. The van der Waals surface area contributed by atoms with Crippen molar-refractivity contribution in [3.05, 3.63) is 63.9 Å². The molecule has 112 valence electrons. The molecule has 0 radical (unpaired) electrons. The van der Waals surface area contributed by atoms with Gasteiger partial charge in [0.25, 0.3) is 0 Å². The van der Waals surface area contributed by atoms with Crippen LogP contribution in [0.25, 0.3) is 0 Å². The maximum atomic E-state index is 14.0. The van der Waals surface area contributed by atoms with Gasteiger partial charge in [0.2, 0.25) is 0 Å². The van der Waals surface area contributed by atoms with Crippen molar-refractivity contribution in [1.82, 2.24) is 5.32 Å². The van der Waals surface area contributed by atoms with E-state index in [2.05, 4.69) is 28.2 Å². The molecule has 4 heteroatoms. The van der Waals surface area contributed by atoms with E-state index in [-0.39, 0.29) is 5.82 Å². The lowest BCUT2D eigenvalue weighted by Crippen LogP contribution is -2.15. The summed E-state index contributed by atoms with van der Waals surface area (Å²) in [5, 5.41) is 3.27. The SMILES string of the molecule is CCCNCc1cccc(F)c1OCc1cccc(Br)c1. The number of hydrogen-bond donors (Lipinski definition) is 1. The highest BCUT2D eigenvalue weighted by atomic mass is 79.9. The van der Waals surface area contributed by atoms with Gasteiger partial charge < -0.3 is 10.1 Å². The topological polar surface area (TPSA) is 21.3 Å². The van der Waals surface area contributed by atoms with Crippen molar-refractivity contribution < 1.29 is 9.13 Å². The van der Waals surface area contributed by atoms with E-state index in [0.29, 0.717) is 18.9 Å². The van der Waals surface area contributed by atoms with Crippen LogP contribution in [0.3, 0.4) is 0 Å². The predicted molar refractivity (Wildman–Crippen MR) is 86.9 cm³/mol. The molecule has 0 heterocycles. The maximum absolute atomic E-state index is 14.0. The summed E-state index contributed by atoms with van der Waals surface area (Å²) in [6.45, 7) is 3.96. The van der Waals surface area contributed by atoms with Crippen LogP contribution in [0.4, 0.5) is 4.39 Å². The minimum absolute atomic E-state index is 0.319. The lowest BCUT2D eigenvalue weighted by molar-refractivity contribution is 0.286. The molecule has 2 aromatic rings. The molecule has 0 amide bonds. The third kappa shape index (κ3) is 4.83. The van der Waals surface area contributed by atoms with E-state index >= 15 is 0 Å². The summed E-state index contributed by atoms with van der Waals surface area (Å²) in [7, 11) is 0. The molecule has 0 saturated heterocycles. The van der Waals surface area contributed by atoms with Gasteiger partial charge in [-0.15, -0.1) is 0 Å². The molecule has 0 fully saturated rings. The summed E-state index contributed by atoms with van der Waals surface area (Å²) in [4.78, 5) is 0. The van der Waals surface area contributed by atoms with Crippen LogP contribution in [-0.2, 0) is 13.2 Å². The number of rotatable bonds is 7. The van der Waals surface area contributed by atoms with Crippen molar-refractivity contribution in [2.24, 2.45) is 0 Å². The van der Waals surface area contributed by atoms with Crippen molar-refractivity contribution in [2.75, 3.05) is 6.54 Å². The van der Waals surface area contributed by atoms with E-state index in [1.165, 1.54) is 6.07 Å². The van der Waals surface area contributed by atoms with E-state index < -0.39 is 0 Å². The summed E-state index contributed by atoms with van der Waals surface area (Å²) in [5.41, 5.74) is 1.85. The van der Waals surface area contributed by atoms with Gasteiger partial charge in [-0.1, -0.05) is 47.1 Å². The van der Waals surface area contributed by atoms with Gasteiger partial charge >= 0.3 is 0 Å². The molecule has 2 rings (SSSR count). The van der Waals surface area contributed by atoms with E-state index in [1.807, 2.05) is 30.3 Å². The Balaban J connectivity index is 2.07. The van der Waals surface area contributed by atoms with Gasteiger partial charge in [0, 0.05) is 16.6 Å². The molecule has 0 aliphatic carbocycles. The highest BCUT2D eigenvalue weighted by Crippen LogP contribution is 2.24. The van der Waals surface area contributed by atoms with Crippen LogP contribution < -0.4 is 10.1 Å². The largest absolute Gasteiger partial charge is 0.485 e. The Morgan fingerprint density at radius 1 is 1.19 bits per heavy atom. The normalized spacial score (nSPS) is 10.6. The number of benzene rings is 2. The van der Waals surface area contributed by atoms with Crippen LogP contribution in [0, 0.1) is 5.82 Å². The molecular formula is C17H19BrFNO. The first-order chi connectivity index (χ1) is 10.2. The Morgan fingerprint density at radius 3 is 2.76 bits per heavy atom. The van der Waals surface area contributed by atoms with Crippen molar-refractivity contribution in [3.8, 4) is 5.75 Å². The Labute approximate surface area is 133 Å². The molecule has 0 atom stereocenters. The first-order valence-electron chi connectivity index (χ1n) is 7.06. The zero-order chi connectivity index (χ0) is 15.1. The third-order valence-corrected chi connectivity index (χ3v) is 3.56. The molecule has 0 bridgehead atoms. The van der Waals surface area contributed by atoms with Gasteiger partial charge in [-0.2, -0.15) is 0 Å². The van der Waals surface area contributed by atoms with Gasteiger partial charge in [0.1, 0.15) is 6.61 Å². The Hall–Kier alpha value is -1.39. The molecule has 0 aromatic heterocycles. The van der Waals surface area contributed by atoms with E-state index in [4.69, 9.17) is 4.74 Å². The van der Waals surface area contributed by atoms with E-state index in [9.17, 15) is 4.39 Å². The average molecular weight is 352 g/mol. The molecule has 0 aliphatic heterocycles. The fourth-order valence-electron chi connectivity index (χ4n) is 2.04. The summed E-state index contributed by atoms with van der Waals surface area (Å²) in [6.07, 6.45) is 1.05. The zero-order valence-corrected chi connectivity index (χ0v) is 13.6. The molecule has 1 N–H and O–H groups in total. The predicted octanol–water partition coefficient (Wildman–Crippen LogP) is 4.67. The fourth-order valence-corrected chi connectivity index (χ4v) is 2.48. The minimum Gasteiger partial charge on any atom is -0.485 e. The van der Waals surface area contributed by atoms with E-state index in [1.54, 1.807) is 6.07 Å². The highest BCUT2D eigenvalue weighted by Gasteiger charge is 2.10. The number of nitrogens with one attached hydrogen (secondary N) is 1. The van der Waals surface area contributed by atoms with E-state index in [0.717, 1.165) is 28.6 Å². The van der Waals surface area contributed by atoms with Gasteiger partial charge in [0.05, 0.1) is 0 Å². The number of hydrogen-bond acceptors (Lipinski definition) is 2. The molecule has 0 unspecified atom stereocenters. The minimum atomic E-state index is -0.319. The van der Waals surface area contributed by atoms with Crippen LogP contribution in [0.5, 0.6) is 5.75 Å². The van der Waals surface area contributed by atoms with Gasteiger partial charge in [0.15, 0.2) is 11.6 Å². The quantitative estimate of drug-likeness (QED) is 0.732. The molecule has 2 nitrogen and oxygen atoms in total.